The summed E-state index contributed by atoms with van der Waals surface area (Å²) in [5.41, 5.74) is 13.0. The van der Waals surface area contributed by atoms with Crippen molar-refractivity contribution in [3.8, 4) is 44.8 Å². The van der Waals surface area contributed by atoms with Gasteiger partial charge in [0, 0.05) is 37.3 Å². The molecule has 0 aliphatic heterocycles. The third kappa shape index (κ3) is 6.82. The molecule has 2 aromatic heterocycles. The second kappa shape index (κ2) is 13.4. The van der Waals surface area contributed by atoms with Gasteiger partial charge < -0.3 is 4.98 Å². The quantitative estimate of drug-likeness (QED) is 0.131. The van der Waals surface area contributed by atoms with Crippen molar-refractivity contribution in [3.05, 3.63) is 150 Å². The molecule has 227 valence electrons. The van der Waals surface area contributed by atoms with Gasteiger partial charge in [0.25, 0.3) is 0 Å². The fourth-order valence-corrected chi connectivity index (χ4v) is 8.10. The third-order valence-electron chi connectivity index (χ3n) is 8.60. The second-order valence-corrected chi connectivity index (χ2v) is 23.7. The second-order valence-electron chi connectivity index (χ2n) is 13.1. The summed E-state index contributed by atoms with van der Waals surface area (Å²) in [7, 11) is 0. The standard InChI is InChI=1S/C27H22N.C14H16GeN.Ir/c1-18-13-14-20(15-22(18)19-9-5-4-6-10-19)26-16-25-23(17-28-26)21-11-7-8-12-24(21)27(25,2)3;1-15(2,3)13-9-10-14(16-11-13)12-7-5-4-6-8-12;/h4-13,15-17H,1-3H3;4-7,9-11H,1-3H3;/q2*-1;. The Morgan fingerprint density at radius 3 is 2.02 bits per heavy atom. The van der Waals surface area contributed by atoms with Gasteiger partial charge in [-0.2, -0.15) is 0 Å². The Bertz CT molecular complexity index is 1910. The SMILES string of the molecule is Cc1c[c-]c(-c2cc3c(cn2)-c2ccccc2C3(C)C)cc1-c1ccccc1.[CH3][Ge]([CH3])([CH3])[c]1ccc(-c2[c-]cccc2)nc1.[Ir]. The maximum absolute atomic E-state index is 4.82. The van der Waals surface area contributed by atoms with Gasteiger partial charge in [0.15, 0.2) is 0 Å². The summed E-state index contributed by atoms with van der Waals surface area (Å²) in [5.74, 6) is 7.14. The van der Waals surface area contributed by atoms with E-state index in [1.807, 2.05) is 36.7 Å². The molecule has 0 saturated carbocycles. The van der Waals surface area contributed by atoms with Gasteiger partial charge in [-0.05, 0) is 27.9 Å². The van der Waals surface area contributed by atoms with Crippen molar-refractivity contribution in [1.82, 2.24) is 9.97 Å². The molecule has 0 atom stereocenters. The molecule has 6 aromatic rings. The molecule has 0 spiro atoms. The van der Waals surface area contributed by atoms with E-state index in [0.29, 0.717) is 0 Å². The molecule has 45 heavy (non-hydrogen) atoms. The molecule has 1 radical (unpaired) electrons. The largest absolute Gasteiger partial charge is 0 e. The van der Waals surface area contributed by atoms with Crippen LogP contribution in [-0.2, 0) is 25.5 Å². The first-order valence-electron chi connectivity index (χ1n) is 15.2. The van der Waals surface area contributed by atoms with Gasteiger partial charge in [-0.1, -0.05) is 87.0 Å². The summed E-state index contributed by atoms with van der Waals surface area (Å²) in [6, 6.07) is 44.7. The predicted octanol–water partition coefficient (Wildman–Crippen LogP) is 9.92. The topological polar surface area (TPSA) is 25.8 Å². The van der Waals surface area contributed by atoms with Crippen LogP contribution >= 0.6 is 0 Å². The monoisotopic (exact) mass is 825 g/mol. The van der Waals surface area contributed by atoms with Crippen molar-refractivity contribution < 1.29 is 20.1 Å². The van der Waals surface area contributed by atoms with E-state index in [4.69, 9.17) is 4.98 Å². The number of benzene rings is 4. The van der Waals surface area contributed by atoms with E-state index < -0.39 is 13.3 Å². The molecule has 1 aliphatic rings. The summed E-state index contributed by atoms with van der Waals surface area (Å²) in [4.78, 5) is 9.35. The van der Waals surface area contributed by atoms with Gasteiger partial charge in [0.05, 0.1) is 0 Å². The average molecular weight is 824 g/mol. The van der Waals surface area contributed by atoms with Crippen LogP contribution in [0.4, 0.5) is 0 Å². The minimum atomic E-state index is -1.72. The molecular formula is C41H38GeIrN2-2. The Hall–Kier alpha value is -3.63. The number of hydrogen-bond acceptors (Lipinski definition) is 2. The van der Waals surface area contributed by atoms with Gasteiger partial charge >= 0.3 is 99.8 Å². The predicted molar refractivity (Wildman–Crippen MR) is 188 cm³/mol. The molecular weight excluding hydrogens is 785 g/mol. The summed E-state index contributed by atoms with van der Waals surface area (Å²) >= 11 is -1.72. The third-order valence-corrected chi connectivity index (χ3v) is 12.9. The molecule has 2 heterocycles. The Balaban J connectivity index is 0.000000202. The summed E-state index contributed by atoms with van der Waals surface area (Å²) in [5, 5.41) is 0. The fourth-order valence-electron chi connectivity index (χ4n) is 5.93. The van der Waals surface area contributed by atoms with Crippen LogP contribution < -0.4 is 4.40 Å². The molecule has 0 fully saturated rings. The number of aryl methyl sites for hydroxylation is 1. The summed E-state index contributed by atoms with van der Waals surface area (Å²) < 4.78 is 1.44. The zero-order valence-electron chi connectivity index (χ0n) is 26.8. The van der Waals surface area contributed by atoms with Crippen molar-refractivity contribution in [3.63, 3.8) is 0 Å². The van der Waals surface area contributed by atoms with Crippen LogP contribution in [0.1, 0.15) is 30.5 Å². The van der Waals surface area contributed by atoms with E-state index in [1.165, 1.54) is 43.3 Å². The molecule has 0 bridgehead atoms. The van der Waals surface area contributed by atoms with Crippen LogP contribution in [0.5, 0.6) is 0 Å². The molecule has 0 unspecified atom stereocenters. The van der Waals surface area contributed by atoms with E-state index in [9.17, 15) is 0 Å². The average Bonchev–Trinajstić information content (AvgIpc) is 3.28. The van der Waals surface area contributed by atoms with E-state index in [2.05, 4.69) is 140 Å². The van der Waals surface area contributed by atoms with E-state index in [1.54, 1.807) is 0 Å². The first-order chi connectivity index (χ1) is 21.1. The van der Waals surface area contributed by atoms with Crippen LogP contribution in [0.2, 0.25) is 17.3 Å². The molecule has 2 nitrogen and oxygen atoms in total. The molecule has 7 rings (SSSR count). The Morgan fingerprint density at radius 2 is 1.33 bits per heavy atom. The molecule has 4 heteroatoms. The zero-order chi connectivity index (χ0) is 30.9. The van der Waals surface area contributed by atoms with E-state index in [0.717, 1.165) is 22.5 Å². The number of hydrogen-bond donors (Lipinski definition) is 0. The van der Waals surface area contributed by atoms with Crippen LogP contribution in [0.3, 0.4) is 0 Å². The molecule has 1 aliphatic carbocycles. The van der Waals surface area contributed by atoms with Gasteiger partial charge in [-0.25, -0.2) is 0 Å². The van der Waals surface area contributed by atoms with Crippen molar-refractivity contribution in [1.29, 1.82) is 0 Å². The van der Waals surface area contributed by atoms with Crippen LogP contribution in [0, 0.1) is 19.1 Å². The van der Waals surface area contributed by atoms with Crippen molar-refractivity contribution in [2.45, 2.75) is 43.5 Å². The van der Waals surface area contributed by atoms with Gasteiger partial charge in [-0.3, -0.25) is 0 Å². The van der Waals surface area contributed by atoms with Crippen LogP contribution in [-0.4, -0.2) is 23.2 Å². The van der Waals surface area contributed by atoms with Crippen molar-refractivity contribution in [2.75, 3.05) is 0 Å². The molecule has 0 N–H and O–H groups in total. The zero-order valence-corrected chi connectivity index (χ0v) is 31.3. The minimum Gasteiger partial charge on any atom is 0 e. The van der Waals surface area contributed by atoms with Crippen molar-refractivity contribution in [2.24, 2.45) is 0 Å². The molecule has 0 saturated heterocycles. The number of fused-ring (bicyclic) bond motifs is 3. The van der Waals surface area contributed by atoms with Gasteiger partial charge in [0.1, 0.15) is 0 Å². The number of pyridine rings is 2. The number of nitrogens with zero attached hydrogens (tertiary/aromatic N) is 2. The normalized spacial score (nSPS) is 12.7. The summed E-state index contributed by atoms with van der Waals surface area (Å²) in [6.07, 6.45) is 4.07. The van der Waals surface area contributed by atoms with Gasteiger partial charge in [0.2, 0.25) is 0 Å². The fraction of sp³-hybridized carbons (Fsp3) is 0.171. The maximum Gasteiger partial charge on any atom is 0 e. The van der Waals surface area contributed by atoms with Crippen LogP contribution in [0.25, 0.3) is 44.8 Å². The van der Waals surface area contributed by atoms with Crippen molar-refractivity contribution >= 4 is 17.7 Å². The first kappa shape index (κ1) is 32.8. The number of aromatic nitrogens is 2. The first-order valence-corrected chi connectivity index (χ1v) is 22.6. The maximum atomic E-state index is 4.82. The Kier molecular flexibility index (Phi) is 9.75. The minimum absolute atomic E-state index is 0. The molecule has 4 aromatic carbocycles. The van der Waals surface area contributed by atoms with Crippen LogP contribution in [0.15, 0.2) is 122 Å². The summed E-state index contributed by atoms with van der Waals surface area (Å²) in [6.45, 7) is 6.74. The Labute approximate surface area is 284 Å². The molecule has 0 amide bonds. The number of rotatable bonds is 4. The van der Waals surface area contributed by atoms with E-state index in [-0.39, 0.29) is 25.5 Å². The van der Waals surface area contributed by atoms with Gasteiger partial charge in [-0.15, -0.1) is 29.3 Å². The van der Waals surface area contributed by atoms with E-state index >= 15 is 0 Å². The Morgan fingerprint density at radius 1 is 0.622 bits per heavy atom. The smallest absolute Gasteiger partial charge is 0 e.